The quantitative estimate of drug-likeness (QED) is 0.172. The highest BCUT2D eigenvalue weighted by Crippen LogP contribution is 2.55. The first kappa shape index (κ1) is 29.5. The van der Waals surface area contributed by atoms with E-state index in [-0.39, 0.29) is 5.92 Å². The highest BCUT2D eigenvalue weighted by atomic mass is 16.5. The molecule has 0 N–H and O–H groups in total. The summed E-state index contributed by atoms with van der Waals surface area (Å²) >= 11 is 0. The first-order chi connectivity index (χ1) is 21.0. The highest BCUT2D eigenvalue weighted by molar-refractivity contribution is 5.74. The van der Waals surface area contributed by atoms with Crippen molar-refractivity contribution in [3.05, 3.63) is 94.5 Å². The van der Waals surface area contributed by atoms with Crippen molar-refractivity contribution in [1.82, 2.24) is 0 Å². The molecule has 2 unspecified atom stereocenters. The van der Waals surface area contributed by atoms with Crippen molar-refractivity contribution in [2.24, 2.45) is 0 Å². The van der Waals surface area contributed by atoms with Crippen molar-refractivity contribution in [1.29, 1.82) is 0 Å². The molecule has 0 amide bonds. The Morgan fingerprint density at radius 2 is 1.05 bits per heavy atom. The molecule has 8 nitrogen and oxygen atoms in total. The number of hydrogen-bond donors (Lipinski definition) is 0. The zero-order chi connectivity index (χ0) is 30.5. The van der Waals surface area contributed by atoms with Gasteiger partial charge in [0.15, 0.2) is 34.5 Å². The van der Waals surface area contributed by atoms with Gasteiger partial charge in [-0.2, -0.15) is 0 Å². The zero-order valence-electron chi connectivity index (χ0n) is 25.4. The molecule has 8 heteroatoms. The smallest absolute Gasteiger partial charge is 0.166 e. The minimum atomic E-state index is -0.398. The molecule has 4 aromatic rings. The molecule has 4 aromatic carbocycles. The second-order valence-corrected chi connectivity index (χ2v) is 9.87. The van der Waals surface area contributed by atoms with Crippen molar-refractivity contribution >= 4 is 12.2 Å². The number of rotatable bonds is 11. The van der Waals surface area contributed by atoms with Gasteiger partial charge in [0.1, 0.15) is 17.6 Å². The van der Waals surface area contributed by atoms with Gasteiger partial charge >= 0.3 is 0 Å². The monoisotopic (exact) mass is 584 g/mol. The fraction of sp³-hybridized carbons (Fsp3) is 0.257. The maximum absolute atomic E-state index is 6.72. The molecule has 0 saturated heterocycles. The largest absolute Gasteiger partial charge is 0.497 e. The average molecular weight is 585 g/mol. The summed E-state index contributed by atoms with van der Waals surface area (Å²) < 4.78 is 45.8. The van der Waals surface area contributed by atoms with Gasteiger partial charge in [-0.3, -0.25) is 0 Å². The minimum absolute atomic E-state index is 0.222. The van der Waals surface area contributed by atoms with E-state index in [9.17, 15) is 0 Å². The third-order valence-corrected chi connectivity index (χ3v) is 7.55. The third-order valence-electron chi connectivity index (χ3n) is 7.55. The van der Waals surface area contributed by atoms with E-state index in [4.69, 9.17) is 37.9 Å². The summed E-state index contributed by atoms with van der Waals surface area (Å²) in [7, 11) is 11.4. The standard InChI is InChI=1S/C35H36O8/c1-36-25-17-24(18-26(20-25)37-2)33-27-14-22(9-8-21-10-12-28(38-3)30(15-21)40-5)16-32(42-7)35(27)43-34(33)23-11-13-29(39-4)31(19-23)41-6/h8-20,33-34H,1-7H3. The van der Waals surface area contributed by atoms with Gasteiger partial charge in [0.2, 0.25) is 0 Å². The number of hydrogen-bond acceptors (Lipinski definition) is 8. The molecule has 0 radical (unpaired) electrons. The summed E-state index contributed by atoms with van der Waals surface area (Å²) in [5.74, 6) is 5.05. The lowest BCUT2D eigenvalue weighted by atomic mass is 9.84. The molecule has 0 aliphatic carbocycles. The van der Waals surface area contributed by atoms with Gasteiger partial charge in [0.05, 0.1) is 55.7 Å². The van der Waals surface area contributed by atoms with Gasteiger partial charge in [0.25, 0.3) is 0 Å². The molecule has 5 rings (SSSR count). The van der Waals surface area contributed by atoms with Crippen molar-refractivity contribution < 1.29 is 37.9 Å². The SMILES string of the molecule is COc1cc(OC)cc(C2c3cc(C=Cc4ccc(OC)c(OC)c4)cc(OC)c3OC2c2ccc(OC)c(OC)c2)c1. The molecule has 43 heavy (non-hydrogen) atoms. The van der Waals surface area contributed by atoms with Crippen molar-refractivity contribution in [3.63, 3.8) is 0 Å². The lowest BCUT2D eigenvalue weighted by Crippen LogP contribution is -2.12. The van der Waals surface area contributed by atoms with E-state index in [2.05, 4.69) is 6.07 Å². The molecular formula is C35H36O8. The Morgan fingerprint density at radius 3 is 1.65 bits per heavy atom. The number of methoxy groups -OCH3 is 7. The average Bonchev–Trinajstić information content (AvgIpc) is 3.45. The molecular weight excluding hydrogens is 548 g/mol. The van der Waals surface area contributed by atoms with Gasteiger partial charge in [0, 0.05) is 11.6 Å². The second-order valence-electron chi connectivity index (χ2n) is 9.87. The first-order valence-electron chi connectivity index (χ1n) is 13.7. The molecule has 0 bridgehead atoms. The summed E-state index contributed by atoms with van der Waals surface area (Å²) in [6.07, 6.45) is 3.66. The Balaban J connectivity index is 1.64. The van der Waals surface area contributed by atoms with Crippen molar-refractivity contribution in [2.45, 2.75) is 12.0 Å². The van der Waals surface area contributed by atoms with Crippen LogP contribution in [0.15, 0.2) is 66.7 Å². The van der Waals surface area contributed by atoms with Crippen LogP contribution < -0.4 is 37.9 Å². The van der Waals surface area contributed by atoms with E-state index in [0.717, 1.165) is 27.8 Å². The molecule has 0 saturated carbocycles. The Bertz CT molecular complexity index is 1600. The van der Waals surface area contributed by atoms with Crippen LogP contribution in [0.3, 0.4) is 0 Å². The molecule has 1 heterocycles. The van der Waals surface area contributed by atoms with Crippen molar-refractivity contribution in [2.75, 3.05) is 49.8 Å². The van der Waals surface area contributed by atoms with Gasteiger partial charge < -0.3 is 37.9 Å². The fourth-order valence-corrected chi connectivity index (χ4v) is 5.41. The molecule has 224 valence electrons. The number of fused-ring (bicyclic) bond motifs is 1. The summed E-state index contributed by atoms with van der Waals surface area (Å²) in [5.41, 5.74) is 4.77. The summed E-state index contributed by atoms with van der Waals surface area (Å²) in [5, 5.41) is 0. The Morgan fingerprint density at radius 1 is 0.488 bits per heavy atom. The van der Waals surface area contributed by atoms with Crippen LogP contribution in [0.5, 0.6) is 46.0 Å². The van der Waals surface area contributed by atoms with E-state index in [0.29, 0.717) is 46.0 Å². The maximum atomic E-state index is 6.72. The molecule has 1 aliphatic heterocycles. The van der Waals surface area contributed by atoms with E-state index in [1.165, 1.54) is 0 Å². The molecule has 2 atom stereocenters. The lowest BCUT2D eigenvalue weighted by Gasteiger charge is -2.22. The molecule has 1 aliphatic rings. The van der Waals surface area contributed by atoms with Crippen LogP contribution in [-0.2, 0) is 0 Å². The summed E-state index contributed by atoms with van der Waals surface area (Å²) in [6.45, 7) is 0. The summed E-state index contributed by atoms with van der Waals surface area (Å²) in [4.78, 5) is 0. The predicted octanol–water partition coefficient (Wildman–Crippen LogP) is 7.18. The minimum Gasteiger partial charge on any atom is -0.497 e. The van der Waals surface area contributed by atoms with Crippen LogP contribution in [0.4, 0.5) is 0 Å². The molecule has 0 fully saturated rings. The van der Waals surface area contributed by atoms with Crippen LogP contribution in [0.1, 0.15) is 39.8 Å². The Kier molecular flexibility index (Phi) is 8.85. The highest BCUT2D eigenvalue weighted by Gasteiger charge is 2.40. The zero-order valence-corrected chi connectivity index (χ0v) is 25.4. The Labute approximate surface area is 252 Å². The normalized spacial score (nSPS) is 15.4. The third kappa shape index (κ3) is 5.86. The first-order valence-corrected chi connectivity index (χ1v) is 13.7. The Hall–Kier alpha value is -4.98. The van der Waals surface area contributed by atoms with Crippen LogP contribution >= 0.6 is 0 Å². The number of benzene rings is 4. The van der Waals surface area contributed by atoms with E-state index < -0.39 is 6.10 Å². The van der Waals surface area contributed by atoms with Gasteiger partial charge in [-0.25, -0.2) is 0 Å². The fourth-order valence-electron chi connectivity index (χ4n) is 5.41. The summed E-state index contributed by atoms with van der Waals surface area (Å²) in [6, 6.07) is 21.6. The molecule has 0 aromatic heterocycles. The van der Waals surface area contributed by atoms with Gasteiger partial charge in [-0.1, -0.05) is 24.3 Å². The number of ether oxygens (including phenoxy) is 8. The van der Waals surface area contributed by atoms with Gasteiger partial charge in [-0.05, 0) is 70.8 Å². The maximum Gasteiger partial charge on any atom is 0.166 e. The van der Waals surface area contributed by atoms with E-state index in [1.807, 2.05) is 72.8 Å². The molecule has 0 spiro atoms. The van der Waals surface area contributed by atoms with Crippen LogP contribution in [0.25, 0.3) is 12.2 Å². The predicted molar refractivity (Wildman–Crippen MR) is 166 cm³/mol. The van der Waals surface area contributed by atoms with Gasteiger partial charge in [-0.15, -0.1) is 0 Å². The van der Waals surface area contributed by atoms with E-state index in [1.54, 1.807) is 49.8 Å². The second kappa shape index (κ2) is 12.9. The topological polar surface area (TPSA) is 73.8 Å². The lowest BCUT2D eigenvalue weighted by molar-refractivity contribution is 0.213. The van der Waals surface area contributed by atoms with Crippen LogP contribution in [0, 0.1) is 0 Å². The van der Waals surface area contributed by atoms with Crippen LogP contribution in [-0.4, -0.2) is 49.8 Å². The van der Waals surface area contributed by atoms with E-state index >= 15 is 0 Å². The van der Waals surface area contributed by atoms with Crippen LogP contribution in [0.2, 0.25) is 0 Å². The van der Waals surface area contributed by atoms with Crippen molar-refractivity contribution in [3.8, 4) is 46.0 Å².